The van der Waals surface area contributed by atoms with E-state index in [-0.39, 0.29) is 0 Å². The molecule has 2 heteroatoms. The van der Waals surface area contributed by atoms with Crippen molar-refractivity contribution in [2.75, 3.05) is 13.2 Å². The molecule has 0 aliphatic carbocycles. The van der Waals surface area contributed by atoms with E-state index in [9.17, 15) is 0 Å². The molecular formula is C14H23NO. The summed E-state index contributed by atoms with van der Waals surface area (Å²) in [7, 11) is 0. The standard InChI is InChI=1S/C14H23NO/c1-12-5-7-14(8-6-12)9-10-15-13(2)4-3-11-16/h5-8,13,15-16H,3-4,9-11H2,1-2H3. The first-order valence-corrected chi connectivity index (χ1v) is 6.12. The smallest absolute Gasteiger partial charge is 0.0431 e. The summed E-state index contributed by atoms with van der Waals surface area (Å²) in [5, 5.41) is 12.2. The van der Waals surface area contributed by atoms with Gasteiger partial charge < -0.3 is 10.4 Å². The topological polar surface area (TPSA) is 32.3 Å². The van der Waals surface area contributed by atoms with E-state index in [0.29, 0.717) is 12.6 Å². The van der Waals surface area contributed by atoms with Crippen LogP contribution in [-0.2, 0) is 6.42 Å². The summed E-state index contributed by atoms with van der Waals surface area (Å²) in [6.45, 7) is 5.59. The molecule has 0 radical (unpaired) electrons. The minimum atomic E-state index is 0.296. The van der Waals surface area contributed by atoms with Crippen molar-refractivity contribution in [1.82, 2.24) is 5.32 Å². The third-order valence-electron chi connectivity index (χ3n) is 2.82. The summed E-state index contributed by atoms with van der Waals surface area (Å²) in [5.41, 5.74) is 2.69. The quantitative estimate of drug-likeness (QED) is 0.740. The average molecular weight is 221 g/mol. The van der Waals surface area contributed by atoms with Crippen LogP contribution in [0.4, 0.5) is 0 Å². The molecule has 2 nitrogen and oxygen atoms in total. The van der Waals surface area contributed by atoms with E-state index in [2.05, 4.69) is 43.4 Å². The molecule has 1 aromatic carbocycles. The van der Waals surface area contributed by atoms with Gasteiger partial charge in [-0.25, -0.2) is 0 Å². The van der Waals surface area contributed by atoms with Crippen LogP contribution >= 0.6 is 0 Å². The van der Waals surface area contributed by atoms with E-state index >= 15 is 0 Å². The lowest BCUT2D eigenvalue weighted by molar-refractivity contribution is 0.276. The molecule has 0 aromatic heterocycles. The largest absolute Gasteiger partial charge is 0.396 e. The highest BCUT2D eigenvalue weighted by atomic mass is 16.2. The highest BCUT2D eigenvalue weighted by molar-refractivity contribution is 5.21. The predicted molar refractivity (Wildman–Crippen MR) is 68.7 cm³/mol. The number of rotatable bonds is 7. The molecule has 0 amide bonds. The minimum absolute atomic E-state index is 0.296. The molecule has 0 saturated carbocycles. The lowest BCUT2D eigenvalue weighted by Gasteiger charge is -2.12. The molecule has 1 aromatic rings. The zero-order valence-corrected chi connectivity index (χ0v) is 10.4. The summed E-state index contributed by atoms with van der Waals surface area (Å²) in [5.74, 6) is 0. The van der Waals surface area contributed by atoms with Crippen molar-refractivity contribution in [1.29, 1.82) is 0 Å². The maximum Gasteiger partial charge on any atom is 0.0431 e. The normalized spacial score (nSPS) is 12.7. The lowest BCUT2D eigenvalue weighted by atomic mass is 10.1. The van der Waals surface area contributed by atoms with E-state index in [0.717, 1.165) is 25.8 Å². The fourth-order valence-electron chi connectivity index (χ4n) is 1.72. The van der Waals surface area contributed by atoms with Crippen LogP contribution in [-0.4, -0.2) is 24.3 Å². The molecule has 1 unspecified atom stereocenters. The van der Waals surface area contributed by atoms with Gasteiger partial charge in [0.05, 0.1) is 0 Å². The fraction of sp³-hybridized carbons (Fsp3) is 0.571. The molecule has 0 aliphatic heterocycles. The molecule has 0 fully saturated rings. The van der Waals surface area contributed by atoms with Gasteiger partial charge in [0.25, 0.3) is 0 Å². The SMILES string of the molecule is Cc1ccc(CCNC(C)CCCO)cc1. The molecule has 0 saturated heterocycles. The average Bonchev–Trinajstić information content (AvgIpc) is 2.29. The molecule has 16 heavy (non-hydrogen) atoms. The minimum Gasteiger partial charge on any atom is -0.396 e. The van der Waals surface area contributed by atoms with Crippen molar-refractivity contribution in [3.8, 4) is 0 Å². The van der Waals surface area contributed by atoms with Crippen molar-refractivity contribution >= 4 is 0 Å². The van der Waals surface area contributed by atoms with Crippen LogP contribution < -0.4 is 5.32 Å². The van der Waals surface area contributed by atoms with Gasteiger partial charge in [-0.2, -0.15) is 0 Å². The van der Waals surface area contributed by atoms with Crippen molar-refractivity contribution in [2.24, 2.45) is 0 Å². The Morgan fingerprint density at radius 3 is 2.56 bits per heavy atom. The summed E-state index contributed by atoms with van der Waals surface area (Å²) < 4.78 is 0. The Bertz CT molecular complexity index is 281. The monoisotopic (exact) mass is 221 g/mol. The Balaban J connectivity index is 2.17. The van der Waals surface area contributed by atoms with Crippen LogP contribution in [0.1, 0.15) is 30.9 Å². The Morgan fingerprint density at radius 2 is 1.94 bits per heavy atom. The first kappa shape index (κ1) is 13.2. The third kappa shape index (κ3) is 5.29. The molecule has 1 atom stereocenters. The lowest BCUT2D eigenvalue weighted by Crippen LogP contribution is -2.28. The second-order valence-electron chi connectivity index (χ2n) is 4.46. The predicted octanol–water partition coefficient (Wildman–Crippen LogP) is 2.29. The summed E-state index contributed by atoms with van der Waals surface area (Å²) in [6, 6.07) is 9.19. The summed E-state index contributed by atoms with van der Waals surface area (Å²) >= 11 is 0. The highest BCUT2D eigenvalue weighted by Crippen LogP contribution is 2.03. The van der Waals surface area contributed by atoms with Gasteiger partial charge in [0.15, 0.2) is 0 Å². The van der Waals surface area contributed by atoms with Gasteiger partial charge in [-0.3, -0.25) is 0 Å². The molecule has 0 spiro atoms. The van der Waals surface area contributed by atoms with Crippen LogP contribution in [0.2, 0.25) is 0 Å². The number of aliphatic hydroxyl groups excluding tert-OH is 1. The molecule has 0 heterocycles. The first-order valence-electron chi connectivity index (χ1n) is 6.12. The van der Waals surface area contributed by atoms with Gasteiger partial charge in [0.1, 0.15) is 0 Å². The van der Waals surface area contributed by atoms with E-state index in [1.54, 1.807) is 0 Å². The molecule has 0 bridgehead atoms. The van der Waals surface area contributed by atoms with Crippen LogP contribution in [0.3, 0.4) is 0 Å². The van der Waals surface area contributed by atoms with Crippen molar-refractivity contribution in [3.05, 3.63) is 35.4 Å². The second kappa shape index (κ2) is 7.42. The zero-order chi connectivity index (χ0) is 11.8. The van der Waals surface area contributed by atoms with Gasteiger partial charge in [0.2, 0.25) is 0 Å². The van der Waals surface area contributed by atoms with E-state index in [4.69, 9.17) is 5.11 Å². The molecule has 0 aliphatic rings. The Labute approximate surface area is 98.7 Å². The van der Waals surface area contributed by atoms with Gasteiger partial charge in [-0.15, -0.1) is 0 Å². The Morgan fingerprint density at radius 1 is 1.25 bits per heavy atom. The maximum atomic E-state index is 8.72. The number of hydrogen-bond acceptors (Lipinski definition) is 2. The number of aliphatic hydroxyl groups is 1. The molecule has 90 valence electrons. The van der Waals surface area contributed by atoms with E-state index < -0.39 is 0 Å². The third-order valence-corrected chi connectivity index (χ3v) is 2.82. The van der Waals surface area contributed by atoms with Crippen LogP contribution in [0.5, 0.6) is 0 Å². The number of hydrogen-bond donors (Lipinski definition) is 2. The molecule has 2 N–H and O–H groups in total. The Hall–Kier alpha value is -0.860. The number of aryl methyl sites for hydroxylation is 1. The first-order chi connectivity index (χ1) is 7.72. The van der Waals surface area contributed by atoms with Gasteiger partial charge >= 0.3 is 0 Å². The van der Waals surface area contributed by atoms with Crippen LogP contribution in [0, 0.1) is 6.92 Å². The second-order valence-corrected chi connectivity index (χ2v) is 4.46. The van der Waals surface area contributed by atoms with Gasteiger partial charge in [-0.1, -0.05) is 29.8 Å². The van der Waals surface area contributed by atoms with Crippen molar-refractivity contribution < 1.29 is 5.11 Å². The van der Waals surface area contributed by atoms with E-state index in [1.165, 1.54) is 11.1 Å². The maximum absolute atomic E-state index is 8.72. The van der Waals surface area contributed by atoms with Crippen LogP contribution in [0.25, 0.3) is 0 Å². The molecular weight excluding hydrogens is 198 g/mol. The zero-order valence-electron chi connectivity index (χ0n) is 10.4. The summed E-state index contributed by atoms with van der Waals surface area (Å²) in [6.07, 6.45) is 3.01. The van der Waals surface area contributed by atoms with E-state index in [1.807, 2.05) is 0 Å². The molecule has 1 rings (SSSR count). The van der Waals surface area contributed by atoms with Crippen molar-refractivity contribution in [2.45, 2.75) is 39.2 Å². The van der Waals surface area contributed by atoms with Crippen LogP contribution in [0.15, 0.2) is 24.3 Å². The van der Waals surface area contributed by atoms with Gasteiger partial charge in [-0.05, 0) is 45.2 Å². The highest BCUT2D eigenvalue weighted by Gasteiger charge is 2.00. The summed E-state index contributed by atoms with van der Waals surface area (Å²) in [4.78, 5) is 0. The Kier molecular flexibility index (Phi) is 6.12. The fourth-order valence-corrected chi connectivity index (χ4v) is 1.72. The van der Waals surface area contributed by atoms with Crippen molar-refractivity contribution in [3.63, 3.8) is 0 Å². The number of benzene rings is 1. The number of nitrogens with one attached hydrogen (secondary N) is 1. The van der Waals surface area contributed by atoms with Gasteiger partial charge in [0, 0.05) is 12.6 Å².